The number of hydrogen-bond donors (Lipinski definition) is 0. The molecule has 102 valence electrons. The molecule has 1 aromatic rings. The Morgan fingerprint density at radius 3 is 2.16 bits per heavy atom. The van der Waals surface area contributed by atoms with Crippen molar-refractivity contribution in [3.63, 3.8) is 0 Å². The molecule has 0 aromatic heterocycles. The van der Waals surface area contributed by atoms with E-state index in [9.17, 15) is 9.59 Å². The summed E-state index contributed by atoms with van der Waals surface area (Å²) in [4.78, 5) is 22.8. The van der Waals surface area contributed by atoms with Gasteiger partial charge in [0.2, 0.25) is 0 Å². The smallest absolute Gasteiger partial charge is 0.334 e. The number of rotatable bonds is 5. The number of methoxy groups -OCH3 is 3. The molecule has 0 unspecified atom stereocenters. The molecule has 0 amide bonds. The van der Waals surface area contributed by atoms with Crippen LogP contribution in [0.25, 0.3) is 6.08 Å². The van der Waals surface area contributed by atoms with E-state index in [4.69, 9.17) is 4.74 Å². The van der Waals surface area contributed by atoms with Gasteiger partial charge in [-0.1, -0.05) is 12.1 Å². The SMILES string of the molecule is COC(=O)CC(=Cc1ccc(OC)cc1)C(=O)OC. The van der Waals surface area contributed by atoms with Gasteiger partial charge < -0.3 is 14.2 Å². The molecule has 0 saturated heterocycles. The molecule has 0 bridgehead atoms. The lowest BCUT2D eigenvalue weighted by molar-refractivity contribution is -0.143. The Morgan fingerprint density at radius 2 is 1.68 bits per heavy atom. The van der Waals surface area contributed by atoms with Crippen molar-refractivity contribution in [1.82, 2.24) is 0 Å². The summed E-state index contributed by atoms with van der Waals surface area (Å²) < 4.78 is 14.2. The van der Waals surface area contributed by atoms with Crippen LogP contribution in [0, 0.1) is 0 Å². The molecular weight excluding hydrogens is 248 g/mol. The normalized spacial score (nSPS) is 10.8. The minimum absolute atomic E-state index is 0.130. The zero-order valence-electron chi connectivity index (χ0n) is 11.1. The lowest BCUT2D eigenvalue weighted by Gasteiger charge is -2.05. The van der Waals surface area contributed by atoms with E-state index in [0.717, 1.165) is 5.56 Å². The lowest BCUT2D eigenvalue weighted by atomic mass is 10.1. The van der Waals surface area contributed by atoms with Crippen molar-refractivity contribution in [2.24, 2.45) is 0 Å². The summed E-state index contributed by atoms with van der Waals surface area (Å²) in [6, 6.07) is 7.08. The molecule has 0 radical (unpaired) electrons. The number of esters is 2. The third-order valence-electron chi connectivity index (χ3n) is 2.47. The van der Waals surface area contributed by atoms with Gasteiger partial charge in [0.05, 0.1) is 27.8 Å². The monoisotopic (exact) mass is 264 g/mol. The van der Waals surface area contributed by atoms with Gasteiger partial charge in [0.1, 0.15) is 5.75 Å². The second-order valence-corrected chi connectivity index (χ2v) is 3.69. The first-order valence-electron chi connectivity index (χ1n) is 5.60. The highest BCUT2D eigenvalue weighted by atomic mass is 16.5. The third-order valence-corrected chi connectivity index (χ3v) is 2.47. The molecule has 0 spiro atoms. The summed E-state index contributed by atoms with van der Waals surface area (Å²) in [5.41, 5.74) is 1.00. The van der Waals surface area contributed by atoms with Gasteiger partial charge in [-0.05, 0) is 23.8 Å². The Labute approximate surface area is 111 Å². The molecule has 0 aliphatic heterocycles. The van der Waals surface area contributed by atoms with E-state index in [1.165, 1.54) is 14.2 Å². The summed E-state index contributed by atoms with van der Waals surface area (Å²) in [6.45, 7) is 0. The number of carbonyl (C=O) groups excluding carboxylic acids is 2. The number of carbonyl (C=O) groups is 2. The van der Waals surface area contributed by atoms with Crippen LogP contribution in [0.2, 0.25) is 0 Å². The Kier molecular flexibility index (Phi) is 5.60. The predicted octanol–water partition coefficient (Wildman–Crippen LogP) is 1.81. The van der Waals surface area contributed by atoms with E-state index < -0.39 is 11.9 Å². The average molecular weight is 264 g/mol. The van der Waals surface area contributed by atoms with Crippen molar-refractivity contribution in [3.8, 4) is 5.75 Å². The maximum atomic E-state index is 11.6. The summed E-state index contributed by atoms with van der Waals surface area (Å²) in [6.07, 6.45) is 1.46. The fourth-order valence-corrected chi connectivity index (χ4v) is 1.44. The molecule has 0 saturated carbocycles. The molecule has 5 heteroatoms. The van der Waals surface area contributed by atoms with Crippen molar-refractivity contribution in [3.05, 3.63) is 35.4 Å². The van der Waals surface area contributed by atoms with Gasteiger partial charge in [-0.25, -0.2) is 4.79 Å². The molecule has 1 aromatic carbocycles. The Morgan fingerprint density at radius 1 is 1.05 bits per heavy atom. The van der Waals surface area contributed by atoms with E-state index in [-0.39, 0.29) is 12.0 Å². The highest BCUT2D eigenvalue weighted by molar-refractivity contribution is 5.98. The number of benzene rings is 1. The molecule has 0 N–H and O–H groups in total. The first kappa shape index (κ1) is 14.8. The molecule has 0 aliphatic rings. The molecule has 0 atom stereocenters. The van der Waals surface area contributed by atoms with E-state index in [2.05, 4.69) is 9.47 Å². The van der Waals surface area contributed by atoms with Gasteiger partial charge in [0.25, 0.3) is 0 Å². The van der Waals surface area contributed by atoms with Crippen molar-refractivity contribution in [2.75, 3.05) is 21.3 Å². The molecule has 5 nitrogen and oxygen atoms in total. The largest absolute Gasteiger partial charge is 0.497 e. The highest BCUT2D eigenvalue weighted by Gasteiger charge is 2.14. The van der Waals surface area contributed by atoms with Crippen molar-refractivity contribution < 1.29 is 23.8 Å². The lowest BCUT2D eigenvalue weighted by Crippen LogP contribution is -2.10. The minimum atomic E-state index is -0.554. The standard InChI is InChI=1S/C14H16O5/c1-17-12-6-4-10(5-7-12)8-11(14(16)19-3)9-13(15)18-2/h4-8H,9H2,1-3H3. The van der Waals surface area contributed by atoms with Crippen LogP contribution in [0.1, 0.15) is 12.0 Å². The van der Waals surface area contributed by atoms with E-state index in [1.807, 2.05) is 0 Å². The molecule has 0 aliphatic carbocycles. The predicted molar refractivity (Wildman–Crippen MR) is 69.6 cm³/mol. The zero-order valence-corrected chi connectivity index (χ0v) is 11.1. The second kappa shape index (κ2) is 7.20. The van der Waals surface area contributed by atoms with Crippen LogP contribution in [-0.2, 0) is 19.1 Å². The molecule has 0 heterocycles. The van der Waals surface area contributed by atoms with E-state index >= 15 is 0 Å². The average Bonchev–Trinajstić information content (AvgIpc) is 2.46. The van der Waals surface area contributed by atoms with Gasteiger partial charge in [0.15, 0.2) is 0 Å². The van der Waals surface area contributed by atoms with Crippen molar-refractivity contribution >= 4 is 18.0 Å². The van der Waals surface area contributed by atoms with Crippen LogP contribution in [-0.4, -0.2) is 33.3 Å². The maximum absolute atomic E-state index is 11.6. The molecule has 0 fully saturated rings. The summed E-state index contributed by atoms with van der Waals surface area (Å²) in [5, 5.41) is 0. The maximum Gasteiger partial charge on any atom is 0.334 e. The molecule has 19 heavy (non-hydrogen) atoms. The van der Waals surface area contributed by atoms with Gasteiger partial charge in [-0.3, -0.25) is 4.79 Å². The summed E-state index contributed by atoms with van der Waals surface area (Å²) in [7, 11) is 4.11. The first-order chi connectivity index (χ1) is 9.10. The Balaban J connectivity index is 2.97. The van der Waals surface area contributed by atoms with Gasteiger partial charge >= 0.3 is 11.9 Å². The third kappa shape index (κ3) is 4.46. The van der Waals surface area contributed by atoms with Gasteiger partial charge in [-0.15, -0.1) is 0 Å². The van der Waals surface area contributed by atoms with E-state index in [1.54, 1.807) is 37.5 Å². The van der Waals surface area contributed by atoms with Crippen LogP contribution in [0.3, 0.4) is 0 Å². The van der Waals surface area contributed by atoms with Gasteiger partial charge in [-0.2, -0.15) is 0 Å². The Hall–Kier alpha value is -2.30. The van der Waals surface area contributed by atoms with Crippen LogP contribution in [0.5, 0.6) is 5.75 Å². The van der Waals surface area contributed by atoms with Crippen LogP contribution < -0.4 is 4.74 Å². The molecular formula is C14H16O5. The van der Waals surface area contributed by atoms with Crippen molar-refractivity contribution in [2.45, 2.75) is 6.42 Å². The molecule has 1 rings (SSSR count). The topological polar surface area (TPSA) is 61.8 Å². The first-order valence-corrected chi connectivity index (χ1v) is 5.60. The van der Waals surface area contributed by atoms with Crippen LogP contribution in [0.4, 0.5) is 0 Å². The fourth-order valence-electron chi connectivity index (χ4n) is 1.44. The minimum Gasteiger partial charge on any atom is -0.497 e. The van der Waals surface area contributed by atoms with Gasteiger partial charge in [0, 0.05) is 5.57 Å². The van der Waals surface area contributed by atoms with Crippen LogP contribution >= 0.6 is 0 Å². The van der Waals surface area contributed by atoms with E-state index in [0.29, 0.717) is 5.75 Å². The fraction of sp³-hybridized carbons (Fsp3) is 0.286. The zero-order chi connectivity index (χ0) is 14.3. The van der Waals surface area contributed by atoms with Crippen molar-refractivity contribution in [1.29, 1.82) is 0 Å². The quantitative estimate of drug-likeness (QED) is 0.599. The number of hydrogen-bond acceptors (Lipinski definition) is 5. The number of ether oxygens (including phenoxy) is 3. The Bertz CT molecular complexity index is 473. The summed E-state index contributed by atoms with van der Waals surface area (Å²) in [5.74, 6) is -0.337. The summed E-state index contributed by atoms with van der Waals surface area (Å²) >= 11 is 0. The van der Waals surface area contributed by atoms with Crippen LogP contribution in [0.15, 0.2) is 29.8 Å². The highest BCUT2D eigenvalue weighted by Crippen LogP contribution is 2.16. The second-order valence-electron chi connectivity index (χ2n) is 3.69.